The molecule has 0 aliphatic carbocycles. The van der Waals surface area contributed by atoms with Crippen LogP contribution in [0.5, 0.6) is 5.75 Å². The quantitative estimate of drug-likeness (QED) is 0.582. The Morgan fingerprint density at radius 3 is 2.46 bits per heavy atom. The Morgan fingerprint density at radius 1 is 1.12 bits per heavy atom. The molecule has 0 radical (unpaired) electrons. The van der Waals surface area contributed by atoms with Gasteiger partial charge in [-0.2, -0.15) is 5.10 Å². The summed E-state index contributed by atoms with van der Waals surface area (Å²) in [5.41, 5.74) is 6.77. The Hall–Kier alpha value is -2.82. The molecule has 0 aliphatic heterocycles. The van der Waals surface area contributed by atoms with Crippen molar-refractivity contribution in [1.29, 1.82) is 0 Å². The van der Waals surface area contributed by atoms with E-state index in [-0.39, 0.29) is 12.5 Å². The zero-order valence-electron chi connectivity index (χ0n) is 16.0. The summed E-state index contributed by atoms with van der Waals surface area (Å²) in [6.45, 7) is 10.1. The molecular weight excluding hydrogens is 326 g/mol. The van der Waals surface area contributed by atoms with E-state index in [1.165, 1.54) is 5.69 Å². The molecule has 0 fully saturated rings. The molecule has 1 amide bonds. The number of hydrogen-bond donors (Lipinski definition) is 1. The van der Waals surface area contributed by atoms with Crippen molar-refractivity contribution in [2.45, 2.75) is 27.7 Å². The fourth-order valence-electron chi connectivity index (χ4n) is 2.59. The molecule has 0 spiro atoms. The van der Waals surface area contributed by atoms with Crippen LogP contribution in [-0.4, -0.2) is 31.8 Å². The standard InChI is InChI=1S/C21H27N3O2/c1-5-24(6-2)19-12-10-18(11-13-19)14-22-23-21(25)15-26-20-9-7-8-16(3)17(20)4/h7-14H,5-6,15H2,1-4H3,(H,23,25)/b22-14+. The molecular formula is C21H27N3O2. The molecule has 1 N–H and O–H groups in total. The monoisotopic (exact) mass is 353 g/mol. The predicted molar refractivity (Wildman–Crippen MR) is 107 cm³/mol. The summed E-state index contributed by atoms with van der Waals surface area (Å²) in [5.74, 6) is 0.429. The lowest BCUT2D eigenvalue weighted by molar-refractivity contribution is -0.123. The molecule has 2 rings (SSSR count). The highest BCUT2D eigenvalue weighted by Gasteiger charge is 2.05. The first-order valence-electron chi connectivity index (χ1n) is 8.91. The molecule has 5 nitrogen and oxygen atoms in total. The summed E-state index contributed by atoms with van der Waals surface area (Å²) in [7, 11) is 0. The topological polar surface area (TPSA) is 53.9 Å². The minimum absolute atomic E-state index is 0.0669. The highest BCUT2D eigenvalue weighted by molar-refractivity contribution is 5.83. The maximum atomic E-state index is 11.9. The number of hydrazone groups is 1. The number of rotatable bonds is 8. The predicted octanol–water partition coefficient (Wildman–Crippen LogP) is 3.68. The molecule has 0 heterocycles. The number of anilines is 1. The minimum Gasteiger partial charge on any atom is -0.483 e. The number of carbonyl (C=O) groups is 1. The number of ether oxygens (including phenoxy) is 1. The van der Waals surface area contributed by atoms with Gasteiger partial charge in [0, 0.05) is 18.8 Å². The van der Waals surface area contributed by atoms with Gasteiger partial charge in [0.2, 0.25) is 0 Å². The number of hydrogen-bond acceptors (Lipinski definition) is 4. The van der Waals surface area contributed by atoms with Gasteiger partial charge in [-0.05, 0) is 62.6 Å². The second kappa shape index (κ2) is 9.61. The summed E-state index contributed by atoms with van der Waals surface area (Å²) < 4.78 is 5.56. The molecule has 2 aromatic carbocycles. The van der Waals surface area contributed by atoms with Gasteiger partial charge in [-0.25, -0.2) is 5.43 Å². The van der Waals surface area contributed by atoms with Crippen molar-refractivity contribution in [2.24, 2.45) is 5.10 Å². The van der Waals surface area contributed by atoms with Gasteiger partial charge in [0.25, 0.3) is 5.91 Å². The maximum absolute atomic E-state index is 11.9. The van der Waals surface area contributed by atoms with E-state index in [9.17, 15) is 4.79 Å². The first-order valence-corrected chi connectivity index (χ1v) is 8.91. The van der Waals surface area contributed by atoms with Crippen molar-refractivity contribution >= 4 is 17.8 Å². The normalized spacial score (nSPS) is 10.8. The third-order valence-electron chi connectivity index (χ3n) is 4.34. The van der Waals surface area contributed by atoms with Crippen LogP contribution < -0.4 is 15.1 Å². The van der Waals surface area contributed by atoms with Crippen LogP contribution in [0.3, 0.4) is 0 Å². The van der Waals surface area contributed by atoms with E-state index < -0.39 is 0 Å². The molecule has 0 aliphatic rings. The number of carbonyl (C=O) groups excluding carboxylic acids is 1. The third kappa shape index (κ3) is 5.34. The van der Waals surface area contributed by atoms with Crippen molar-refractivity contribution in [3.05, 3.63) is 59.2 Å². The van der Waals surface area contributed by atoms with Crippen LogP contribution in [0.1, 0.15) is 30.5 Å². The molecule has 2 aromatic rings. The van der Waals surface area contributed by atoms with Gasteiger partial charge in [0.1, 0.15) is 5.75 Å². The van der Waals surface area contributed by atoms with E-state index in [0.717, 1.165) is 35.5 Å². The fourth-order valence-corrected chi connectivity index (χ4v) is 2.59. The molecule has 0 saturated carbocycles. The fraction of sp³-hybridized carbons (Fsp3) is 0.333. The molecule has 0 unspecified atom stereocenters. The second-order valence-electron chi connectivity index (χ2n) is 6.04. The van der Waals surface area contributed by atoms with Crippen molar-refractivity contribution < 1.29 is 9.53 Å². The Bertz CT molecular complexity index is 750. The van der Waals surface area contributed by atoms with Crippen molar-refractivity contribution in [2.75, 3.05) is 24.6 Å². The number of amides is 1. The van der Waals surface area contributed by atoms with E-state index in [1.54, 1.807) is 6.21 Å². The van der Waals surface area contributed by atoms with Crippen LogP contribution in [0.4, 0.5) is 5.69 Å². The third-order valence-corrected chi connectivity index (χ3v) is 4.34. The zero-order valence-corrected chi connectivity index (χ0v) is 16.0. The SMILES string of the molecule is CCN(CC)c1ccc(/C=N/NC(=O)COc2cccc(C)c2C)cc1. The molecule has 0 bridgehead atoms. The smallest absolute Gasteiger partial charge is 0.277 e. The molecule has 26 heavy (non-hydrogen) atoms. The highest BCUT2D eigenvalue weighted by Crippen LogP contribution is 2.20. The number of nitrogens with one attached hydrogen (secondary N) is 1. The number of benzene rings is 2. The summed E-state index contributed by atoms with van der Waals surface area (Å²) in [6, 6.07) is 13.9. The lowest BCUT2D eigenvalue weighted by atomic mass is 10.1. The average Bonchev–Trinajstić information content (AvgIpc) is 2.65. The van der Waals surface area contributed by atoms with Gasteiger partial charge < -0.3 is 9.64 Å². The number of aryl methyl sites for hydroxylation is 1. The molecule has 5 heteroatoms. The van der Waals surface area contributed by atoms with Gasteiger partial charge in [0.15, 0.2) is 6.61 Å². The van der Waals surface area contributed by atoms with E-state index in [1.807, 2.05) is 44.2 Å². The zero-order chi connectivity index (χ0) is 18.9. The summed E-state index contributed by atoms with van der Waals surface area (Å²) in [4.78, 5) is 14.1. The lowest BCUT2D eigenvalue weighted by Crippen LogP contribution is -2.24. The first-order chi connectivity index (χ1) is 12.5. The van der Waals surface area contributed by atoms with Crippen LogP contribution in [0.2, 0.25) is 0 Å². The van der Waals surface area contributed by atoms with E-state index in [2.05, 4.69) is 41.4 Å². The lowest BCUT2D eigenvalue weighted by Gasteiger charge is -2.20. The van der Waals surface area contributed by atoms with Crippen LogP contribution >= 0.6 is 0 Å². The summed E-state index contributed by atoms with van der Waals surface area (Å²) in [5, 5.41) is 3.99. The first kappa shape index (κ1) is 19.5. The van der Waals surface area contributed by atoms with Gasteiger partial charge in [-0.1, -0.05) is 24.3 Å². The van der Waals surface area contributed by atoms with E-state index in [4.69, 9.17) is 4.74 Å². The summed E-state index contributed by atoms with van der Waals surface area (Å²) >= 11 is 0. The Balaban J connectivity index is 1.84. The van der Waals surface area contributed by atoms with E-state index in [0.29, 0.717) is 0 Å². The largest absolute Gasteiger partial charge is 0.483 e. The van der Waals surface area contributed by atoms with Crippen LogP contribution in [0.25, 0.3) is 0 Å². The Labute approximate surface area is 155 Å². The molecule has 0 atom stereocenters. The molecule has 0 aromatic heterocycles. The van der Waals surface area contributed by atoms with Crippen LogP contribution in [0.15, 0.2) is 47.6 Å². The highest BCUT2D eigenvalue weighted by atomic mass is 16.5. The Kier molecular flexibility index (Phi) is 7.21. The minimum atomic E-state index is -0.290. The summed E-state index contributed by atoms with van der Waals surface area (Å²) in [6.07, 6.45) is 1.63. The van der Waals surface area contributed by atoms with Gasteiger partial charge in [0.05, 0.1) is 6.21 Å². The van der Waals surface area contributed by atoms with Crippen LogP contribution in [-0.2, 0) is 4.79 Å². The average molecular weight is 353 g/mol. The Morgan fingerprint density at radius 2 is 1.81 bits per heavy atom. The van der Waals surface area contributed by atoms with Crippen molar-refractivity contribution in [3.8, 4) is 5.75 Å². The number of nitrogens with zero attached hydrogens (tertiary/aromatic N) is 2. The van der Waals surface area contributed by atoms with E-state index >= 15 is 0 Å². The van der Waals surface area contributed by atoms with Gasteiger partial charge >= 0.3 is 0 Å². The van der Waals surface area contributed by atoms with Crippen molar-refractivity contribution in [3.63, 3.8) is 0 Å². The second-order valence-corrected chi connectivity index (χ2v) is 6.04. The van der Waals surface area contributed by atoms with Crippen molar-refractivity contribution in [1.82, 2.24) is 5.43 Å². The van der Waals surface area contributed by atoms with Crippen LogP contribution in [0, 0.1) is 13.8 Å². The maximum Gasteiger partial charge on any atom is 0.277 e. The van der Waals surface area contributed by atoms with Gasteiger partial charge in [-0.15, -0.1) is 0 Å². The van der Waals surface area contributed by atoms with Gasteiger partial charge in [-0.3, -0.25) is 4.79 Å². The molecule has 0 saturated heterocycles. The molecule has 138 valence electrons.